The molecule has 30 heavy (non-hydrogen) atoms. The van der Waals surface area contributed by atoms with Gasteiger partial charge in [-0.2, -0.15) is 10.5 Å². The van der Waals surface area contributed by atoms with E-state index in [1.54, 1.807) is 11.8 Å². The van der Waals surface area contributed by atoms with Gasteiger partial charge in [0.05, 0.1) is 11.1 Å². The molecule has 0 aliphatic carbocycles. The number of hydrazine groups is 1. The van der Waals surface area contributed by atoms with Crippen LogP contribution in [0.15, 0.2) is 81.0 Å². The zero-order chi connectivity index (χ0) is 20.7. The monoisotopic (exact) mass is 489 g/mol. The Bertz CT molecular complexity index is 916. The van der Waals surface area contributed by atoms with E-state index in [1.165, 1.54) is 0 Å². The lowest BCUT2D eigenvalue weighted by Gasteiger charge is -2.22. The summed E-state index contributed by atoms with van der Waals surface area (Å²) in [6.07, 6.45) is 0.944. The molecular weight excluding hydrogens is 466 g/mol. The third kappa shape index (κ3) is 5.88. The van der Waals surface area contributed by atoms with Crippen LogP contribution >= 0.6 is 11.8 Å². The van der Waals surface area contributed by atoms with Gasteiger partial charge in [-0.05, 0) is 38.1 Å². The van der Waals surface area contributed by atoms with Crippen molar-refractivity contribution >= 4 is 34.8 Å². The molecule has 0 bridgehead atoms. The Kier molecular flexibility index (Phi) is 8.51. The molecule has 2 aromatic rings. The molecule has 0 saturated carbocycles. The third-order valence-corrected chi connectivity index (χ3v) is 5.35. The summed E-state index contributed by atoms with van der Waals surface area (Å²) in [5, 5.41) is 15.3. The summed E-state index contributed by atoms with van der Waals surface area (Å²) in [4.78, 5) is 4.84. The number of hydrogen-bond acceptors (Lipinski definition) is 8. The van der Waals surface area contributed by atoms with E-state index >= 15 is 0 Å². The van der Waals surface area contributed by atoms with Crippen LogP contribution in [0.4, 0.5) is 5.69 Å². The van der Waals surface area contributed by atoms with Crippen LogP contribution in [0.2, 0.25) is 0 Å². The topological polar surface area (TPSA) is 122 Å². The zero-order valence-corrected chi connectivity index (χ0v) is 19.1. The van der Waals surface area contributed by atoms with Crippen molar-refractivity contribution in [3.8, 4) is 0 Å². The predicted octanol–water partition coefficient (Wildman–Crippen LogP) is -0.631. The molecule has 11 heteroatoms. The van der Waals surface area contributed by atoms with Crippen LogP contribution in [0.3, 0.4) is 0 Å². The first-order valence-corrected chi connectivity index (χ1v) is 9.97. The normalized spacial score (nSPS) is 17.0. The van der Waals surface area contributed by atoms with E-state index < -0.39 is 0 Å². The summed E-state index contributed by atoms with van der Waals surface area (Å²) in [6.45, 7) is 4.31. The quantitative estimate of drug-likeness (QED) is 0.174. The second-order valence-corrected chi connectivity index (χ2v) is 7.78. The average molecular weight is 490 g/mol. The fourth-order valence-corrected chi connectivity index (χ4v) is 3.79. The van der Waals surface area contributed by atoms with Gasteiger partial charge in [0.1, 0.15) is 5.69 Å². The number of nitrogens with zero attached hydrogens (tertiary/aromatic N) is 6. The van der Waals surface area contributed by atoms with Gasteiger partial charge in [-0.25, -0.2) is 5.53 Å². The second kappa shape index (κ2) is 10.9. The SMILES string of the molecule is CC1(C)CSC(N2N=C(c3ccccc3)[NH2+]N2c2ccccc2)=N1.N=NC=NN.[Br-]. The van der Waals surface area contributed by atoms with Gasteiger partial charge in [-0.1, -0.05) is 58.4 Å². The lowest BCUT2D eigenvalue weighted by atomic mass is 10.1. The molecular formula is C19H24BrN9S. The number of rotatable bonds is 3. The molecule has 0 radical (unpaired) electrons. The number of hydrogen-bond donors (Lipinski definition) is 3. The largest absolute Gasteiger partial charge is 1.00 e. The van der Waals surface area contributed by atoms with Gasteiger partial charge in [0.25, 0.3) is 5.84 Å². The third-order valence-electron chi connectivity index (χ3n) is 3.99. The van der Waals surface area contributed by atoms with Gasteiger partial charge in [0.15, 0.2) is 6.34 Å². The number of thioether (sulfide) groups is 1. The number of amidine groups is 2. The van der Waals surface area contributed by atoms with Crippen LogP contribution in [-0.4, -0.2) is 33.8 Å². The molecule has 0 saturated heterocycles. The van der Waals surface area contributed by atoms with E-state index in [-0.39, 0.29) is 22.5 Å². The molecule has 2 aliphatic rings. The summed E-state index contributed by atoms with van der Waals surface area (Å²) >= 11 is 1.75. The minimum absolute atomic E-state index is 0. The maximum Gasteiger partial charge on any atom is 0.277 e. The van der Waals surface area contributed by atoms with Crippen molar-refractivity contribution in [3.05, 3.63) is 66.2 Å². The highest BCUT2D eigenvalue weighted by Gasteiger charge is 2.38. The molecule has 2 aliphatic heterocycles. The molecule has 158 valence electrons. The fraction of sp³-hybridized carbons (Fsp3) is 0.211. The standard InChI is InChI=1S/C18H19N5S.CH4N4.BrH/c1-18(2)13-24-17(19-18)23-21-16(14-9-5-3-6-10-14)20-22(23)15-11-7-4-8-12-15;2-4-1-5-3;/h3-12H,13H2,1-2H3,(H,20,21);1-2H,3H2;1H. The molecule has 0 unspecified atom stereocenters. The molecule has 5 N–H and O–H groups in total. The zero-order valence-electron chi connectivity index (χ0n) is 16.7. The Labute approximate surface area is 190 Å². The highest BCUT2D eigenvalue weighted by atomic mass is 79.9. The van der Waals surface area contributed by atoms with E-state index in [9.17, 15) is 0 Å². The highest BCUT2D eigenvalue weighted by molar-refractivity contribution is 8.14. The molecule has 0 aromatic heterocycles. The van der Waals surface area contributed by atoms with Crippen molar-refractivity contribution in [2.45, 2.75) is 19.4 Å². The van der Waals surface area contributed by atoms with Gasteiger partial charge in [-0.15, -0.1) is 10.2 Å². The molecule has 9 nitrogen and oxygen atoms in total. The first-order valence-electron chi connectivity index (χ1n) is 8.98. The van der Waals surface area contributed by atoms with E-state index in [0.717, 1.165) is 34.3 Å². The summed E-state index contributed by atoms with van der Waals surface area (Å²) in [5.74, 6) is 6.40. The van der Waals surface area contributed by atoms with Gasteiger partial charge in [0, 0.05) is 5.75 Å². The lowest BCUT2D eigenvalue weighted by molar-refractivity contribution is -0.560. The Morgan fingerprint density at radius 1 is 1.13 bits per heavy atom. The number of halogens is 1. The van der Waals surface area contributed by atoms with E-state index in [0.29, 0.717) is 0 Å². The summed E-state index contributed by atoms with van der Waals surface area (Å²) in [6, 6.07) is 20.5. The molecule has 0 fully saturated rings. The van der Waals surface area contributed by atoms with Crippen LogP contribution in [0.1, 0.15) is 19.4 Å². The first kappa shape index (κ1) is 23.5. The van der Waals surface area contributed by atoms with Crippen LogP contribution in [-0.2, 0) is 0 Å². The summed E-state index contributed by atoms with van der Waals surface area (Å²) in [7, 11) is 0. The number of anilines is 1. The van der Waals surface area contributed by atoms with Gasteiger partial charge in [0.2, 0.25) is 5.17 Å². The van der Waals surface area contributed by atoms with Crippen molar-refractivity contribution in [1.29, 1.82) is 5.53 Å². The fourth-order valence-electron chi connectivity index (χ4n) is 2.69. The molecule has 0 amide bonds. The van der Waals surface area contributed by atoms with Gasteiger partial charge in [-0.3, -0.25) is 4.99 Å². The number of benzene rings is 2. The van der Waals surface area contributed by atoms with Crippen molar-refractivity contribution in [1.82, 2.24) is 5.12 Å². The number of quaternary nitrogens is 1. The lowest BCUT2D eigenvalue weighted by Crippen LogP contribution is -3.00. The Morgan fingerprint density at radius 2 is 1.77 bits per heavy atom. The van der Waals surface area contributed by atoms with Crippen LogP contribution in [0.5, 0.6) is 0 Å². The summed E-state index contributed by atoms with van der Waals surface area (Å²) < 4.78 is 0. The molecule has 0 spiro atoms. The van der Waals surface area contributed by atoms with Crippen LogP contribution < -0.4 is 33.4 Å². The molecule has 4 rings (SSSR count). The minimum Gasteiger partial charge on any atom is -1.00 e. The Hall–Kier alpha value is -2.76. The molecule has 0 atom stereocenters. The molecule has 2 heterocycles. The smallest absolute Gasteiger partial charge is 0.277 e. The van der Waals surface area contributed by atoms with Crippen LogP contribution in [0.25, 0.3) is 0 Å². The van der Waals surface area contributed by atoms with Gasteiger partial charge >= 0.3 is 0 Å². The minimum atomic E-state index is -0.0482. The van der Waals surface area contributed by atoms with Crippen molar-refractivity contribution < 1.29 is 22.4 Å². The average Bonchev–Trinajstić information content (AvgIpc) is 3.34. The Balaban J connectivity index is 0.000000482. The van der Waals surface area contributed by atoms with E-state index in [4.69, 9.17) is 15.6 Å². The van der Waals surface area contributed by atoms with Gasteiger partial charge < -0.3 is 22.8 Å². The molecule has 2 aromatic carbocycles. The predicted molar refractivity (Wildman–Crippen MR) is 117 cm³/mol. The number of nitrogens with one attached hydrogen (secondary N) is 1. The second-order valence-electron chi connectivity index (χ2n) is 6.84. The van der Waals surface area contributed by atoms with E-state index in [1.807, 2.05) is 41.5 Å². The summed E-state index contributed by atoms with van der Waals surface area (Å²) in [5.41, 5.74) is 10.2. The van der Waals surface area contributed by atoms with Crippen LogP contribution in [0, 0.1) is 5.53 Å². The van der Waals surface area contributed by atoms with Crippen molar-refractivity contribution in [3.63, 3.8) is 0 Å². The number of aliphatic imine (C=N–C) groups is 1. The number of nitrogens with two attached hydrogens (primary N) is 2. The maximum atomic E-state index is 6.00. The highest BCUT2D eigenvalue weighted by Crippen LogP contribution is 2.30. The van der Waals surface area contributed by atoms with E-state index in [2.05, 4.69) is 64.7 Å². The number of para-hydroxylation sites is 1. The van der Waals surface area contributed by atoms with Crippen molar-refractivity contribution in [2.75, 3.05) is 10.9 Å². The maximum absolute atomic E-state index is 6.00. The van der Waals surface area contributed by atoms with Crippen molar-refractivity contribution in [2.24, 2.45) is 26.2 Å². The Morgan fingerprint density at radius 3 is 2.27 bits per heavy atom. The first-order chi connectivity index (χ1) is 14.0. The number of hydrazone groups is 2.